The summed E-state index contributed by atoms with van der Waals surface area (Å²) in [6.45, 7) is 0. The maximum absolute atomic E-state index is 11.6. The predicted molar refractivity (Wildman–Crippen MR) is 71.9 cm³/mol. The molecule has 5 heteroatoms. The minimum atomic E-state index is -0.0504. The van der Waals surface area contributed by atoms with E-state index in [-0.39, 0.29) is 18.0 Å². The molecule has 2 saturated carbocycles. The third-order valence-electron chi connectivity index (χ3n) is 4.06. The summed E-state index contributed by atoms with van der Waals surface area (Å²) in [7, 11) is 1.47. The second kappa shape index (κ2) is 5.57. The van der Waals surface area contributed by atoms with Crippen molar-refractivity contribution >= 4 is 34.3 Å². The van der Waals surface area contributed by atoms with Crippen LogP contribution in [-0.4, -0.2) is 29.8 Å². The van der Waals surface area contributed by atoms with Crippen LogP contribution in [0.5, 0.6) is 0 Å². The molecule has 0 aliphatic heterocycles. The summed E-state index contributed by atoms with van der Waals surface area (Å²) >= 11 is 6.58. The van der Waals surface area contributed by atoms with E-state index in [1.54, 1.807) is 0 Å². The average molecular weight is 274 g/mol. The highest BCUT2D eigenvalue weighted by atomic mass is 32.2. The summed E-state index contributed by atoms with van der Waals surface area (Å²) in [6, 6.07) is 0. The van der Waals surface area contributed by atoms with E-state index in [0.717, 1.165) is 25.7 Å². The molecule has 1 unspecified atom stereocenters. The number of methoxy groups -OCH3 is 1. The Balaban J connectivity index is 1.97. The lowest BCUT2D eigenvalue weighted by Gasteiger charge is -2.20. The number of thiocarbonyl (C=S) groups is 1. The summed E-state index contributed by atoms with van der Waals surface area (Å²) in [6.07, 6.45) is 6.23. The van der Waals surface area contributed by atoms with Crippen molar-refractivity contribution in [3.63, 3.8) is 0 Å². The molecule has 17 heavy (non-hydrogen) atoms. The van der Waals surface area contributed by atoms with E-state index < -0.39 is 0 Å². The van der Waals surface area contributed by atoms with E-state index in [2.05, 4.69) is 0 Å². The Morgan fingerprint density at radius 1 is 1.24 bits per heavy atom. The Morgan fingerprint density at radius 3 is 2.59 bits per heavy atom. The molecule has 0 heterocycles. The van der Waals surface area contributed by atoms with Crippen LogP contribution >= 0.6 is 24.0 Å². The molecule has 96 valence electrons. The maximum Gasteiger partial charge on any atom is 0.308 e. The van der Waals surface area contributed by atoms with Crippen LogP contribution < -0.4 is 0 Å². The van der Waals surface area contributed by atoms with Gasteiger partial charge in [-0.3, -0.25) is 4.79 Å². The van der Waals surface area contributed by atoms with E-state index in [9.17, 15) is 4.79 Å². The van der Waals surface area contributed by atoms with Gasteiger partial charge in [0.05, 0.1) is 13.0 Å². The first kappa shape index (κ1) is 13.1. The van der Waals surface area contributed by atoms with Crippen molar-refractivity contribution in [2.24, 2.45) is 17.8 Å². The Morgan fingerprint density at radius 2 is 1.94 bits per heavy atom. The molecule has 2 fully saturated rings. The SMILES string of the molecule is COC(=O)[C@H]1CC[C@@H]2C(OC(=S)SC)CC[C@H]12. The van der Waals surface area contributed by atoms with Gasteiger partial charge in [-0.05, 0) is 56.0 Å². The lowest BCUT2D eigenvalue weighted by molar-refractivity contribution is -0.146. The smallest absolute Gasteiger partial charge is 0.308 e. The second-order valence-corrected chi connectivity index (χ2v) is 6.13. The molecule has 4 atom stereocenters. The van der Waals surface area contributed by atoms with Crippen LogP contribution in [0.3, 0.4) is 0 Å². The molecule has 0 aromatic carbocycles. The van der Waals surface area contributed by atoms with Crippen LogP contribution in [0, 0.1) is 17.8 Å². The van der Waals surface area contributed by atoms with Gasteiger partial charge in [-0.25, -0.2) is 0 Å². The number of ether oxygens (including phenoxy) is 2. The zero-order chi connectivity index (χ0) is 12.4. The fraction of sp³-hybridized carbons (Fsp3) is 0.833. The highest BCUT2D eigenvalue weighted by Gasteiger charge is 2.49. The second-order valence-electron chi connectivity index (χ2n) is 4.72. The van der Waals surface area contributed by atoms with Crippen molar-refractivity contribution in [2.75, 3.05) is 13.4 Å². The van der Waals surface area contributed by atoms with Gasteiger partial charge in [0.15, 0.2) is 0 Å². The van der Waals surface area contributed by atoms with Crippen molar-refractivity contribution in [1.29, 1.82) is 0 Å². The van der Waals surface area contributed by atoms with Crippen molar-refractivity contribution in [3.8, 4) is 0 Å². The van der Waals surface area contributed by atoms with Crippen molar-refractivity contribution in [3.05, 3.63) is 0 Å². The number of thioether (sulfide) groups is 1. The summed E-state index contributed by atoms with van der Waals surface area (Å²) < 4.78 is 11.3. The molecule has 2 rings (SSSR count). The van der Waals surface area contributed by atoms with Crippen LogP contribution in [0.4, 0.5) is 0 Å². The lowest BCUT2D eigenvalue weighted by Crippen LogP contribution is -2.24. The van der Waals surface area contributed by atoms with Crippen LogP contribution in [0.25, 0.3) is 0 Å². The molecule has 0 saturated heterocycles. The van der Waals surface area contributed by atoms with E-state index in [4.69, 9.17) is 21.7 Å². The summed E-state index contributed by atoms with van der Waals surface area (Å²) in [5.41, 5.74) is 0. The minimum absolute atomic E-state index is 0.0504. The highest BCUT2D eigenvalue weighted by molar-refractivity contribution is 8.22. The molecule has 0 N–H and O–H groups in total. The fourth-order valence-corrected chi connectivity index (χ4v) is 3.65. The Kier molecular flexibility index (Phi) is 4.31. The summed E-state index contributed by atoms with van der Waals surface area (Å²) in [5, 5.41) is 0. The highest BCUT2D eigenvalue weighted by Crippen LogP contribution is 2.49. The topological polar surface area (TPSA) is 35.5 Å². The van der Waals surface area contributed by atoms with Gasteiger partial charge in [-0.2, -0.15) is 0 Å². The van der Waals surface area contributed by atoms with Crippen molar-refractivity contribution < 1.29 is 14.3 Å². The van der Waals surface area contributed by atoms with Gasteiger partial charge >= 0.3 is 5.97 Å². The fourth-order valence-electron chi connectivity index (χ4n) is 3.31. The zero-order valence-corrected chi connectivity index (χ0v) is 11.8. The molecule has 3 nitrogen and oxygen atoms in total. The van der Waals surface area contributed by atoms with Crippen LogP contribution in [-0.2, 0) is 14.3 Å². The van der Waals surface area contributed by atoms with Crippen LogP contribution in [0.1, 0.15) is 25.7 Å². The Hall–Kier alpha value is -0.290. The van der Waals surface area contributed by atoms with E-state index in [1.807, 2.05) is 6.26 Å². The van der Waals surface area contributed by atoms with E-state index >= 15 is 0 Å². The molecule has 0 radical (unpaired) electrons. The Labute approximate surface area is 112 Å². The maximum atomic E-state index is 11.6. The zero-order valence-electron chi connectivity index (χ0n) is 10.2. The molecule has 0 amide bonds. The molecule has 0 spiro atoms. The van der Waals surface area contributed by atoms with Crippen LogP contribution in [0.2, 0.25) is 0 Å². The minimum Gasteiger partial charge on any atom is -0.475 e. The molecule has 2 aliphatic carbocycles. The molecule has 0 aromatic rings. The Bertz CT molecular complexity index is 319. The number of carbonyl (C=O) groups excluding carboxylic acids is 1. The average Bonchev–Trinajstić information content (AvgIpc) is 2.91. The molecular formula is C12H18O3S2. The number of fused-ring (bicyclic) bond motifs is 1. The van der Waals surface area contributed by atoms with Gasteiger partial charge in [0.2, 0.25) is 4.38 Å². The first-order chi connectivity index (χ1) is 8.17. The van der Waals surface area contributed by atoms with Crippen LogP contribution in [0.15, 0.2) is 0 Å². The number of esters is 1. The van der Waals surface area contributed by atoms with Gasteiger partial charge < -0.3 is 9.47 Å². The third-order valence-corrected chi connectivity index (χ3v) is 5.08. The van der Waals surface area contributed by atoms with E-state index in [1.165, 1.54) is 18.9 Å². The summed E-state index contributed by atoms with van der Waals surface area (Å²) in [4.78, 5) is 11.6. The first-order valence-electron chi connectivity index (χ1n) is 5.99. The number of rotatable bonds is 2. The van der Waals surface area contributed by atoms with Crippen molar-refractivity contribution in [2.45, 2.75) is 31.8 Å². The van der Waals surface area contributed by atoms with E-state index in [0.29, 0.717) is 16.2 Å². The molecule has 0 aromatic heterocycles. The molecule has 0 bridgehead atoms. The third kappa shape index (κ3) is 2.60. The van der Waals surface area contributed by atoms with Gasteiger partial charge in [-0.15, -0.1) is 0 Å². The van der Waals surface area contributed by atoms with Gasteiger partial charge in [0.25, 0.3) is 0 Å². The normalized spacial score (nSPS) is 35.4. The van der Waals surface area contributed by atoms with Gasteiger partial charge in [-0.1, -0.05) is 11.8 Å². The standard InChI is InChI=1S/C12H18O3S2/c1-14-11(13)9-4-3-8-7(9)5-6-10(8)15-12(16)17-2/h7-10H,3-6H2,1-2H3/t7-,8-,9-,10?/m0/s1. The van der Waals surface area contributed by atoms with Gasteiger partial charge in [0.1, 0.15) is 6.10 Å². The quantitative estimate of drug-likeness (QED) is 0.571. The predicted octanol–water partition coefficient (Wildman–Crippen LogP) is 2.63. The summed E-state index contributed by atoms with van der Waals surface area (Å²) in [5.74, 6) is 0.966. The molecular weight excluding hydrogens is 256 g/mol. The molecule has 2 aliphatic rings. The van der Waals surface area contributed by atoms with Gasteiger partial charge in [0, 0.05) is 0 Å². The first-order valence-corrected chi connectivity index (χ1v) is 7.63. The lowest BCUT2D eigenvalue weighted by atomic mass is 9.92. The largest absolute Gasteiger partial charge is 0.475 e. The number of hydrogen-bond donors (Lipinski definition) is 0. The number of hydrogen-bond acceptors (Lipinski definition) is 5. The van der Waals surface area contributed by atoms with Crippen molar-refractivity contribution in [1.82, 2.24) is 0 Å². The monoisotopic (exact) mass is 274 g/mol. The number of carbonyl (C=O) groups is 1.